The molecule has 24 heavy (non-hydrogen) atoms. The van der Waals surface area contributed by atoms with Gasteiger partial charge in [-0.15, -0.1) is 0 Å². The van der Waals surface area contributed by atoms with Crippen molar-refractivity contribution in [3.05, 3.63) is 76.0 Å². The summed E-state index contributed by atoms with van der Waals surface area (Å²) in [6.07, 6.45) is 2.85. The Balaban J connectivity index is 2.10. The minimum Gasteiger partial charge on any atom is -0.340 e. The van der Waals surface area contributed by atoms with Crippen molar-refractivity contribution in [1.82, 2.24) is 5.32 Å². The number of carbonyl (C=O) groups is 1. The van der Waals surface area contributed by atoms with Crippen LogP contribution in [0, 0.1) is 5.82 Å². The summed E-state index contributed by atoms with van der Waals surface area (Å²) >= 11 is 3.30. The summed E-state index contributed by atoms with van der Waals surface area (Å²) in [5, 5.41) is 2.99. The molecule has 0 aromatic heterocycles. The molecule has 2 aromatic rings. The lowest BCUT2D eigenvalue weighted by atomic mass is 10.1. The molecule has 0 bridgehead atoms. The fourth-order valence-corrected chi connectivity index (χ4v) is 2.75. The van der Waals surface area contributed by atoms with Crippen LogP contribution >= 0.6 is 15.9 Å². The van der Waals surface area contributed by atoms with Crippen molar-refractivity contribution in [2.24, 2.45) is 0 Å². The number of hydrogen-bond acceptors (Lipinski definition) is 1. The average Bonchev–Trinajstić information content (AvgIpc) is 2.55. The van der Waals surface area contributed by atoms with E-state index >= 15 is 0 Å². The van der Waals surface area contributed by atoms with Gasteiger partial charge in [0, 0.05) is 16.1 Å². The van der Waals surface area contributed by atoms with E-state index in [4.69, 9.17) is 0 Å². The highest BCUT2D eigenvalue weighted by atomic mass is 79.9. The van der Waals surface area contributed by atoms with Crippen molar-refractivity contribution in [3.8, 4) is 0 Å². The minimum atomic E-state index is -0.361. The largest absolute Gasteiger partial charge is 0.340 e. The van der Waals surface area contributed by atoms with Gasteiger partial charge in [0.1, 0.15) is 18.4 Å². The van der Waals surface area contributed by atoms with Crippen LogP contribution in [0.25, 0.3) is 6.08 Å². The molecule has 0 radical (unpaired) electrons. The van der Waals surface area contributed by atoms with Crippen LogP contribution in [0.3, 0.4) is 0 Å². The number of nitrogens with one attached hydrogen (secondary N) is 2. The molecule has 1 amide bonds. The van der Waals surface area contributed by atoms with Gasteiger partial charge in [-0.3, -0.25) is 4.79 Å². The van der Waals surface area contributed by atoms with Gasteiger partial charge in [-0.05, 0) is 29.8 Å². The van der Waals surface area contributed by atoms with Crippen molar-refractivity contribution >= 4 is 27.9 Å². The Morgan fingerprint density at radius 2 is 1.96 bits per heavy atom. The molecule has 0 aliphatic rings. The molecule has 0 fully saturated rings. The Bertz CT molecular complexity index is 717. The molecule has 2 aromatic carbocycles. The van der Waals surface area contributed by atoms with Crippen molar-refractivity contribution in [3.63, 3.8) is 0 Å². The maximum Gasteiger partial charge on any atom is 0.244 e. The maximum absolute atomic E-state index is 13.7. The topological polar surface area (TPSA) is 33.5 Å². The Labute approximate surface area is 150 Å². The van der Waals surface area contributed by atoms with Gasteiger partial charge in [-0.2, -0.15) is 0 Å². The fourth-order valence-electron chi connectivity index (χ4n) is 2.37. The Morgan fingerprint density at radius 3 is 2.62 bits per heavy atom. The molecule has 2 N–H and O–H groups in total. The van der Waals surface area contributed by atoms with Crippen molar-refractivity contribution in [2.75, 3.05) is 20.6 Å². The number of rotatable bonds is 6. The minimum absolute atomic E-state index is 0.0966. The molecule has 3 nitrogen and oxygen atoms in total. The highest BCUT2D eigenvalue weighted by Gasteiger charge is 2.16. The standard InChI is InChI=1S/C19H20BrFN2O/c1-23(2)13-18(14-6-4-3-5-7-14)22-19(24)11-8-15-12-16(20)9-10-17(15)21/h3-12,18H,13H2,1-2H3,(H,22,24)/p+1/b11-8+/t18-/m1/s1. The molecule has 0 unspecified atom stereocenters. The fraction of sp³-hybridized carbons (Fsp3) is 0.211. The molecule has 2 rings (SSSR count). The van der Waals surface area contributed by atoms with Gasteiger partial charge in [0.2, 0.25) is 5.91 Å². The number of carbonyl (C=O) groups excluding carboxylic acids is 1. The third-order valence-electron chi connectivity index (χ3n) is 3.50. The van der Waals surface area contributed by atoms with E-state index in [1.165, 1.54) is 23.1 Å². The van der Waals surface area contributed by atoms with E-state index < -0.39 is 0 Å². The Morgan fingerprint density at radius 1 is 1.25 bits per heavy atom. The van der Waals surface area contributed by atoms with Gasteiger partial charge in [0.05, 0.1) is 14.1 Å². The summed E-state index contributed by atoms with van der Waals surface area (Å²) in [4.78, 5) is 13.5. The zero-order valence-electron chi connectivity index (χ0n) is 13.7. The number of halogens is 2. The summed E-state index contributed by atoms with van der Waals surface area (Å²) in [7, 11) is 4.07. The highest BCUT2D eigenvalue weighted by Crippen LogP contribution is 2.17. The SMILES string of the molecule is C[NH+](C)C[C@@H](NC(=O)/C=C/c1cc(Br)ccc1F)c1ccccc1. The van der Waals surface area contributed by atoms with Crippen molar-refractivity contribution in [2.45, 2.75) is 6.04 Å². The predicted molar refractivity (Wildman–Crippen MR) is 98.1 cm³/mol. The van der Waals surface area contributed by atoms with E-state index in [0.717, 1.165) is 16.6 Å². The lowest BCUT2D eigenvalue weighted by Crippen LogP contribution is -3.06. The van der Waals surface area contributed by atoms with Crippen molar-refractivity contribution in [1.29, 1.82) is 0 Å². The number of amides is 1. The monoisotopic (exact) mass is 391 g/mol. The molecular weight excluding hydrogens is 371 g/mol. The normalized spacial score (nSPS) is 12.5. The van der Waals surface area contributed by atoms with Gasteiger partial charge in [-0.25, -0.2) is 4.39 Å². The van der Waals surface area contributed by atoms with Crippen LogP contribution in [0.15, 0.2) is 59.1 Å². The van der Waals surface area contributed by atoms with E-state index in [9.17, 15) is 9.18 Å². The highest BCUT2D eigenvalue weighted by molar-refractivity contribution is 9.10. The van der Waals surface area contributed by atoms with Crippen LogP contribution in [0.5, 0.6) is 0 Å². The molecule has 5 heteroatoms. The quantitative estimate of drug-likeness (QED) is 0.729. The molecule has 0 aliphatic heterocycles. The van der Waals surface area contributed by atoms with E-state index in [0.29, 0.717) is 5.56 Å². The zero-order valence-corrected chi connectivity index (χ0v) is 15.3. The van der Waals surface area contributed by atoms with Crippen LogP contribution in [0.2, 0.25) is 0 Å². The molecule has 0 saturated heterocycles. The van der Waals surface area contributed by atoms with Gasteiger partial charge in [0.25, 0.3) is 0 Å². The summed E-state index contributed by atoms with van der Waals surface area (Å²) in [5.74, 6) is -0.607. The van der Waals surface area contributed by atoms with Crippen LogP contribution in [-0.4, -0.2) is 26.5 Å². The van der Waals surface area contributed by atoms with Gasteiger partial charge in [-0.1, -0.05) is 46.3 Å². The zero-order chi connectivity index (χ0) is 17.5. The van der Waals surface area contributed by atoms with Gasteiger partial charge < -0.3 is 10.2 Å². The first-order valence-corrected chi connectivity index (χ1v) is 8.52. The molecule has 1 atom stereocenters. The van der Waals surface area contributed by atoms with E-state index in [1.807, 2.05) is 44.4 Å². The van der Waals surface area contributed by atoms with E-state index in [2.05, 4.69) is 21.2 Å². The first kappa shape index (κ1) is 18.4. The molecule has 0 aliphatic carbocycles. The second-order valence-electron chi connectivity index (χ2n) is 5.88. The predicted octanol–water partition coefficient (Wildman–Crippen LogP) is 2.60. The second kappa shape index (κ2) is 8.76. The van der Waals surface area contributed by atoms with E-state index in [1.54, 1.807) is 12.1 Å². The van der Waals surface area contributed by atoms with Crippen LogP contribution in [0.1, 0.15) is 17.2 Å². The number of benzene rings is 2. The maximum atomic E-state index is 13.7. The lowest BCUT2D eigenvalue weighted by molar-refractivity contribution is -0.860. The van der Waals surface area contributed by atoms with Crippen LogP contribution in [0.4, 0.5) is 4.39 Å². The van der Waals surface area contributed by atoms with Crippen molar-refractivity contribution < 1.29 is 14.1 Å². The second-order valence-corrected chi connectivity index (χ2v) is 6.80. The first-order chi connectivity index (χ1) is 11.5. The summed E-state index contributed by atoms with van der Waals surface area (Å²) in [6, 6.07) is 14.4. The first-order valence-electron chi connectivity index (χ1n) is 7.73. The number of hydrogen-bond donors (Lipinski definition) is 2. The van der Waals surface area contributed by atoms with Crippen LogP contribution in [-0.2, 0) is 4.79 Å². The Hall–Kier alpha value is -1.98. The van der Waals surface area contributed by atoms with Gasteiger partial charge >= 0.3 is 0 Å². The molecule has 0 heterocycles. The summed E-state index contributed by atoms with van der Waals surface area (Å²) < 4.78 is 14.5. The third kappa shape index (κ3) is 5.58. The molecular formula is C19H21BrFN2O+. The van der Waals surface area contributed by atoms with E-state index in [-0.39, 0.29) is 17.8 Å². The molecule has 126 valence electrons. The van der Waals surface area contributed by atoms with Crippen LogP contribution < -0.4 is 10.2 Å². The lowest BCUT2D eigenvalue weighted by Gasteiger charge is -2.20. The third-order valence-corrected chi connectivity index (χ3v) is 4.00. The molecule has 0 spiro atoms. The summed E-state index contributed by atoms with van der Waals surface area (Å²) in [6.45, 7) is 0.759. The smallest absolute Gasteiger partial charge is 0.244 e. The Kier molecular flexibility index (Phi) is 6.70. The average molecular weight is 392 g/mol. The van der Waals surface area contributed by atoms with Gasteiger partial charge in [0.15, 0.2) is 0 Å². The molecule has 0 saturated carbocycles. The number of likely N-dealkylation sites (N-methyl/N-ethyl adjacent to an activating group) is 1. The summed E-state index contributed by atoms with van der Waals surface area (Å²) in [5.41, 5.74) is 1.42. The number of quaternary nitrogens is 1.